The number of aliphatic hydroxyl groups is 1. The summed E-state index contributed by atoms with van der Waals surface area (Å²) in [5, 5.41) is 12.6. The highest BCUT2D eigenvalue weighted by atomic mass is 33.2. The number of carbonyl (C=O) groups is 2. The van der Waals surface area contributed by atoms with Crippen LogP contribution in [-0.2, 0) is 28.1 Å². The van der Waals surface area contributed by atoms with E-state index < -0.39 is 83.5 Å². The van der Waals surface area contributed by atoms with Crippen LogP contribution in [0, 0.1) is 22.7 Å². The quantitative estimate of drug-likeness (QED) is 0.0935. The number of fused-ring (bicyclic) bond motifs is 1. The van der Waals surface area contributed by atoms with E-state index in [1.54, 1.807) is 6.92 Å². The van der Waals surface area contributed by atoms with Crippen molar-refractivity contribution in [3.05, 3.63) is 11.6 Å². The van der Waals surface area contributed by atoms with Gasteiger partial charge in [-0.3, -0.25) is 4.79 Å². The van der Waals surface area contributed by atoms with Crippen LogP contribution in [0.15, 0.2) is 11.6 Å². The summed E-state index contributed by atoms with van der Waals surface area (Å²) >= 11 is 0. The largest absolute Gasteiger partial charge is 0.462 e. The number of ether oxygens (including phenoxy) is 2. The minimum absolute atomic E-state index is 0.0223. The highest BCUT2D eigenvalue weighted by molar-refractivity contribution is 9.19. The fourth-order valence-electron chi connectivity index (χ4n) is 7.53. The first-order valence-electron chi connectivity index (χ1n) is 15.3. The van der Waals surface area contributed by atoms with Crippen molar-refractivity contribution in [2.75, 3.05) is 6.61 Å². The molecule has 0 aromatic heterocycles. The van der Waals surface area contributed by atoms with Crippen LogP contribution < -0.4 is 0 Å². The first-order valence-corrected chi connectivity index (χ1v) is 50.0. The van der Waals surface area contributed by atoms with Crippen LogP contribution in [-0.4, -0.2) is 53.5 Å². The predicted octanol–water partition coefficient (Wildman–Crippen LogP) is 14.1. The molecule has 290 valence electrons. The van der Waals surface area contributed by atoms with Crippen molar-refractivity contribution in [2.24, 2.45) is 22.7 Å². The molecule has 7 nitrogen and oxygen atoms in total. The van der Waals surface area contributed by atoms with E-state index in [1.165, 1.54) is 12.5 Å². The molecule has 50 heavy (non-hydrogen) atoms. The van der Waals surface area contributed by atoms with Crippen LogP contribution in [0.25, 0.3) is 0 Å². The summed E-state index contributed by atoms with van der Waals surface area (Å²) in [5.41, 5.74) is -1.29. The van der Waals surface area contributed by atoms with Crippen LogP contribution in [0.3, 0.4) is 0 Å². The lowest BCUT2D eigenvalue weighted by Gasteiger charge is -2.64. The van der Waals surface area contributed by atoms with E-state index >= 15 is 0 Å². The Morgan fingerprint density at radius 1 is 0.880 bits per heavy atom. The molecular weight excluding hydrogens is 1010 g/mol. The Morgan fingerprint density at radius 3 is 1.86 bits per heavy atom. The van der Waals surface area contributed by atoms with E-state index in [4.69, 9.17) is 18.5 Å². The number of carbonyl (C=O) groups excluding carboxylic acids is 2. The lowest BCUT2D eigenvalue weighted by Crippen LogP contribution is -2.75. The zero-order valence-corrected chi connectivity index (χ0v) is 49.9. The Balaban J connectivity index is 2.20. The predicted molar refractivity (Wildman–Crippen MR) is 276 cm³/mol. The molecule has 0 amide bonds. The maximum Gasteiger partial charge on any atom is 0.302 e. The Hall–Kier alpha value is 7.32. The smallest absolute Gasteiger partial charge is 0.302 e. The van der Waals surface area contributed by atoms with E-state index in [-0.39, 0.29) is 57.9 Å². The summed E-state index contributed by atoms with van der Waals surface area (Å²) in [7, 11) is 31.7. The molecule has 0 radical (unpaired) electrons. The van der Waals surface area contributed by atoms with Gasteiger partial charge < -0.3 is 28.4 Å². The Kier molecular flexibility index (Phi) is 22.8. The maximum absolute atomic E-state index is 13.2. The van der Waals surface area contributed by atoms with Crippen molar-refractivity contribution in [2.45, 2.75) is 90.8 Å². The summed E-state index contributed by atoms with van der Waals surface area (Å²) in [6.45, 7) is 8.79. The number of Topliss-reactive ketones (excluding diaryl/α,β-unsaturated/α-hetero) is 1. The first-order chi connectivity index (χ1) is 22.9. The van der Waals surface area contributed by atoms with Crippen molar-refractivity contribution in [1.29, 1.82) is 0 Å². The van der Waals surface area contributed by atoms with Gasteiger partial charge in [-0.05, 0) is 66.2 Å². The van der Waals surface area contributed by atoms with Crippen molar-refractivity contribution in [1.82, 2.24) is 0 Å². The third kappa shape index (κ3) is 12.7. The van der Waals surface area contributed by atoms with Crippen LogP contribution in [0.2, 0.25) is 0 Å². The van der Waals surface area contributed by atoms with Gasteiger partial charge >= 0.3 is 5.97 Å². The average molecular weight is 1060 g/mol. The molecular formula is C23H56O7P20. The zero-order valence-electron chi connectivity index (χ0n) is 29.1. The molecule has 0 bridgehead atoms. The summed E-state index contributed by atoms with van der Waals surface area (Å²) in [5.74, 6) is -1.17. The van der Waals surface area contributed by atoms with Gasteiger partial charge in [0.25, 0.3) is 0 Å². The van der Waals surface area contributed by atoms with Crippen molar-refractivity contribution in [3.8, 4) is 0 Å². The van der Waals surface area contributed by atoms with Gasteiger partial charge in [0.2, 0.25) is 0 Å². The van der Waals surface area contributed by atoms with Gasteiger partial charge in [0, 0.05) is 51.0 Å². The molecule has 27 heteroatoms. The monoisotopic (exact) mass is 1060 g/mol. The molecule has 2 fully saturated rings. The molecule has 1 saturated heterocycles. The standard InChI is InChI=1S/C23H56O7P20/c1-12-9-21(4,5)15(7-16(12)29-43(49(41)46(35)36)50(47(37)38)48(39)40)19(28-14(3)25)20-22(6,10-13(2)24)17(8-18-23(20,26)11-27-18)30-42(44(31)32)45(33)34/h9,15-20,26H,7-8,10-11,31-41H2,1-6H3/t15?,16-,17-,18+,19?,20?,22+,23-,43?,49?/m0/s1. The third-order valence-corrected chi connectivity index (χ3v) is 103. The number of hydrogen-bond donors (Lipinski definition) is 1. The molecule has 1 saturated carbocycles. The Bertz CT molecular complexity index is 1210. The molecule has 3 aliphatic rings. The van der Waals surface area contributed by atoms with Gasteiger partial charge in [0.05, 0.1) is 40.0 Å². The van der Waals surface area contributed by atoms with Gasteiger partial charge in [-0.25, -0.2) is 0 Å². The fraction of sp³-hybridized carbons (Fsp3) is 0.826. The molecule has 1 heterocycles. The highest BCUT2D eigenvalue weighted by Crippen LogP contribution is 3.17. The number of hydrogen-bond acceptors (Lipinski definition) is 7. The summed E-state index contributed by atoms with van der Waals surface area (Å²) in [6, 6.07) is 0. The van der Waals surface area contributed by atoms with Crippen LogP contribution in [0.5, 0.6) is 0 Å². The Labute approximate surface area is 336 Å². The normalized spacial score (nSPS) is 33.1. The second kappa shape index (κ2) is 22.1. The van der Waals surface area contributed by atoms with Gasteiger partial charge in [0.15, 0.2) is 0 Å². The highest BCUT2D eigenvalue weighted by Gasteiger charge is 2.69. The number of ketones is 1. The second-order valence-corrected chi connectivity index (χ2v) is 86.1. The molecule has 1 N–H and O–H groups in total. The summed E-state index contributed by atoms with van der Waals surface area (Å²) in [6.07, 6.45) is 1.93. The van der Waals surface area contributed by atoms with Gasteiger partial charge in [-0.15, -0.1) is 89.3 Å². The Morgan fingerprint density at radius 2 is 1.44 bits per heavy atom. The van der Waals surface area contributed by atoms with Crippen molar-refractivity contribution in [3.63, 3.8) is 0 Å². The number of rotatable bonds is 16. The van der Waals surface area contributed by atoms with Crippen LogP contribution >= 0.6 is 162 Å². The topological polar surface area (TPSA) is 91.3 Å². The molecule has 0 spiro atoms. The second-order valence-electron chi connectivity index (χ2n) is 13.7. The minimum Gasteiger partial charge on any atom is -0.462 e. The van der Waals surface area contributed by atoms with Gasteiger partial charge in [-0.1, -0.05) is 35.8 Å². The molecule has 2 aliphatic carbocycles. The van der Waals surface area contributed by atoms with E-state index in [0.29, 0.717) is 12.8 Å². The summed E-state index contributed by atoms with van der Waals surface area (Å²) < 4.78 is 27.1. The first kappa shape index (κ1) is 51.7. The fourth-order valence-corrected chi connectivity index (χ4v) is 136. The van der Waals surface area contributed by atoms with Crippen molar-refractivity contribution < 1.29 is 33.2 Å². The maximum atomic E-state index is 13.2. The SMILES string of the molecule is CC(=O)C[C@@]1(C)C(C(OC(C)=O)C2C[C@H](OP(P(P)P(P)P)P(P(P)P)P(P)P)C(C)=CC2(C)C)[C@]2(O)CO[C@@H]2C[C@@H]1OP(P(P)P)P(P)P. The summed E-state index contributed by atoms with van der Waals surface area (Å²) in [4.78, 5) is 26.4. The van der Waals surface area contributed by atoms with Gasteiger partial charge in [-0.2, -0.15) is 0 Å². The number of esters is 1. The van der Waals surface area contributed by atoms with Crippen LogP contribution in [0.1, 0.15) is 60.8 Å². The molecule has 21 atom stereocenters. The van der Waals surface area contributed by atoms with E-state index in [9.17, 15) is 14.7 Å². The minimum atomic E-state index is -1.28. The van der Waals surface area contributed by atoms with E-state index in [1.807, 2.05) is 0 Å². The number of allylic oxidation sites excluding steroid dienone is 1. The molecule has 3 rings (SSSR count). The zero-order chi connectivity index (χ0) is 38.3. The van der Waals surface area contributed by atoms with Crippen LogP contribution in [0.4, 0.5) is 0 Å². The molecule has 16 unspecified atom stereocenters. The lowest BCUT2D eigenvalue weighted by molar-refractivity contribution is -0.334. The van der Waals surface area contributed by atoms with E-state index in [0.717, 1.165) is 0 Å². The molecule has 0 aromatic carbocycles. The van der Waals surface area contributed by atoms with E-state index in [2.05, 4.69) is 132 Å². The molecule has 1 aliphatic heterocycles. The average Bonchev–Trinajstić information content (AvgIpc) is 2.94. The van der Waals surface area contributed by atoms with Gasteiger partial charge in [0.1, 0.15) is 17.5 Å². The third-order valence-electron chi connectivity index (χ3n) is 9.49. The molecule has 0 aromatic rings. The lowest BCUT2D eigenvalue weighted by atomic mass is 9.50. The van der Waals surface area contributed by atoms with Crippen molar-refractivity contribution >= 4 is 174 Å².